The molecule has 2 heterocycles. The predicted octanol–water partition coefficient (Wildman–Crippen LogP) is 8.17. The van der Waals surface area contributed by atoms with E-state index in [-0.39, 0.29) is 64.9 Å². The SMILES string of the molecule is C=C(C)[C@@H]1CC[C@]2(C(=O)OCCCCn3cc(CCN)c4ccccc43)CC[C@]3(C)[C@H](C[C@H]4OC(=O)C[C@@H](O)[C@]5(C)[C@@H]4[C@@]3(C)CC[C@H]5C(=C)C)[C@@H]12. The second kappa shape index (κ2) is 13.2. The van der Waals surface area contributed by atoms with E-state index in [1.807, 2.05) is 0 Å². The molecule has 7 nitrogen and oxygen atoms in total. The molecule has 0 unspecified atom stereocenters. The van der Waals surface area contributed by atoms with Gasteiger partial charge in [-0.2, -0.15) is 0 Å². The summed E-state index contributed by atoms with van der Waals surface area (Å²) in [7, 11) is 0. The number of nitrogens with two attached hydrogens (primary N) is 1. The smallest absolute Gasteiger partial charge is 0.312 e. The molecule has 5 fully saturated rings. The van der Waals surface area contributed by atoms with Crippen LogP contribution in [-0.4, -0.2) is 47.0 Å². The number of nitrogens with zero attached hydrogens (tertiary/aromatic N) is 1. The highest BCUT2D eigenvalue weighted by molar-refractivity contribution is 5.84. The van der Waals surface area contributed by atoms with E-state index in [1.165, 1.54) is 16.5 Å². The van der Waals surface area contributed by atoms with Gasteiger partial charge in [-0.3, -0.25) is 9.59 Å². The second-order valence-corrected chi connectivity index (χ2v) is 18.1. The number of unbranched alkanes of at least 4 members (excludes halogenated alkanes) is 1. The maximum Gasteiger partial charge on any atom is 0.312 e. The van der Waals surface area contributed by atoms with E-state index < -0.39 is 16.9 Å². The van der Waals surface area contributed by atoms with Crippen molar-refractivity contribution in [2.24, 2.45) is 57.0 Å². The Kier molecular flexibility index (Phi) is 9.43. The Morgan fingerprint density at radius 3 is 2.53 bits per heavy atom. The Morgan fingerprint density at radius 1 is 1.04 bits per heavy atom. The third-order valence-corrected chi connectivity index (χ3v) is 15.8. The lowest BCUT2D eigenvalue weighted by molar-refractivity contribution is -0.260. The van der Waals surface area contributed by atoms with Crippen molar-refractivity contribution in [2.75, 3.05) is 13.2 Å². The standard InChI is InChI=1S/C44H62N2O5/c1-27(2)30-14-18-44(40(49)50-23-11-10-22-46-26-29(16-21-45)31-12-8-9-13-34(31)46)20-19-41(5)33(38(30)44)24-35-39-42(41,6)17-15-32(28(3)4)43(39,7)36(47)25-37(48)51-35/h8-9,12-13,26,30,32-33,35-36,38-39,47H,1,3,10-11,14-25,45H2,2,4-7H3/t30-,32-,33+,35+,36+,38+,39-,41+,42+,43+,44-/m0/s1. The van der Waals surface area contributed by atoms with Crippen LogP contribution >= 0.6 is 0 Å². The van der Waals surface area contributed by atoms with Gasteiger partial charge in [0.05, 0.1) is 24.5 Å². The van der Waals surface area contributed by atoms with Gasteiger partial charge in [-0.1, -0.05) is 63.3 Å². The van der Waals surface area contributed by atoms with Gasteiger partial charge in [-0.25, -0.2) is 0 Å². The van der Waals surface area contributed by atoms with E-state index in [0.29, 0.717) is 19.6 Å². The summed E-state index contributed by atoms with van der Waals surface area (Å²) < 4.78 is 15.0. The van der Waals surface area contributed by atoms with Crippen LogP contribution in [0, 0.1) is 51.2 Å². The molecule has 278 valence electrons. The first-order valence-electron chi connectivity index (χ1n) is 19.9. The zero-order chi connectivity index (χ0) is 36.5. The molecular weight excluding hydrogens is 636 g/mol. The highest BCUT2D eigenvalue weighted by Gasteiger charge is 2.74. The predicted molar refractivity (Wildman–Crippen MR) is 202 cm³/mol. The van der Waals surface area contributed by atoms with Gasteiger partial charge < -0.3 is 24.9 Å². The molecule has 2 aromatic rings. The van der Waals surface area contributed by atoms with E-state index in [9.17, 15) is 14.7 Å². The van der Waals surface area contributed by atoms with Gasteiger partial charge in [0, 0.05) is 35.0 Å². The molecule has 51 heavy (non-hydrogen) atoms. The largest absolute Gasteiger partial charge is 0.465 e. The monoisotopic (exact) mass is 698 g/mol. The van der Waals surface area contributed by atoms with Crippen molar-refractivity contribution < 1.29 is 24.2 Å². The number of aliphatic hydroxyl groups is 1. The summed E-state index contributed by atoms with van der Waals surface area (Å²) in [6, 6.07) is 8.51. The van der Waals surface area contributed by atoms with Gasteiger partial charge in [0.15, 0.2) is 0 Å². The second-order valence-electron chi connectivity index (χ2n) is 18.1. The van der Waals surface area contributed by atoms with Crippen LogP contribution < -0.4 is 5.73 Å². The number of aryl methyl sites for hydroxylation is 1. The minimum absolute atomic E-state index is 0.0103. The zero-order valence-corrected chi connectivity index (χ0v) is 31.8. The number of carbonyl (C=O) groups excluding carboxylic acids is 2. The van der Waals surface area contributed by atoms with Crippen LogP contribution in [0.15, 0.2) is 54.8 Å². The molecule has 4 aliphatic carbocycles. The lowest BCUT2D eigenvalue weighted by atomic mass is 9.33. The fraction of sp³-hybridized carbons (Fsp3) is 0.682. The van der Waals surface area contributed by atoms with Gasteiger partial charge in [-0.15, -0.1) is 0 Å². The highest BCUT2D eigenvalue weighted by atomic mass is 16.5. The number of fused-ring (bicyclic) bond motifs is 5. The molecule has 3 N–H and O–H groups in total. The lowest BCUT2D eigenvalue weighted by Gasteiger charge is -2.71. The summed E-state index contributed by atoms with van der Waals surface area (Å²) in [5.41, 5.74) is 9.28. The van der Waals surface area contributed by atoms with Gasteiger partial charge in [0.2, 0.25) is 0 Å². The number of hydrogen-bond donors (Lipinski definition) is 2. The zero-order valence-electron chi connectivity index (χ0n) is 31.8. The van der Waals surface area contributed by atoms with Gasteiger partial charge in [0.1, 0.15) is 6.10 Å². The molecule has 1 aromatic heterocycles. The number of aromatic nitrogens is 1. The van der Waals surface area contributed by atoms with Crippen LogP contribution in [0.1, 0.15) is 104 Å². The Hall–Kier alpha value is -2.90. The molecule has 1 saturated heterocycles. The number of para-hydroxylation sites is 1. The molecule has 0 bridgehead atoms. The van der Waals surface area contributed by atoms with Crippen LogP contribution in [0.25, 0.3) is 10.9 Å². The van der Waals surface area contributed by atoms with Crippen molar-refractivity contribution in [1.29, 1.82) is 0 Å². The minimum Gasteiger partial charge on any atom is -0.465 e. The minimum atomic E-state index is -0.780. The number of rotatable bonds is 10. The lowest BCUT2D eigenvalue weighted by Crippen LogP contribution is -2.69. The van der Waals surface area contributed by atoms with Gasteiger partial charge in [-0.05, 0) is 131 Å². The number of carbonyl (C=O) groups is 2. The number of aliphatic hydroxyl groups excluding tert-OH is 1. The Bertz CT molecular complexity index is 1710. The average Bonchev–Trinajstić information content (AvgIpc) is 3.62. The maximum atomic E-state index is 14.5. The first-order valence-corrected chi connectivity index (χ1v) is 19.9. The highest BCUT2D eigenvalue weighted by Crippen LogP contribution is 2.77. The average molecular weight is 699 g/mol. The van der Waals surface area contributed by atoms with E-state index in [1.54, 1.807) is 0 Å². The van der Waals surface area contributed by atoms with Crippen LogP contribution in [0.5, 0.6) is 0 Å². The summed E-state index contributed by atoms with van der Waals surface area (Å²) in [5, 5.41) is 13.1. The van der Waals surface area contributed by atoms with Crippen molar-refractivity contribution in [2.45, 2.75) is 124 Å². The summed E-state index contributed by atoms with van der Waals surface area (Å²) in [6.45, 7) is 22.1. The first-order chi connectivity index (χ1) is 24.2. The van der Waals surface area contributed by atoms with Crippen molar-refractivity contribution in [1.82, 2.24) is 4.57 Å². The molecule has 0 amide bonds. The summed E-state index contributed by atoms with van der Waals surface area (Å²) in [4.78, 5) is 27.9. The number of ether oxygens (including phenoxy) is 2. The number of benzene rings is 1. The van der Waals surface area contributed by atoms with Crippen molar-refractivity contribution in [3.8, 4) is 0 Å². The van der Waals surface area contributed by atoms with Crippen LogP contribution in [-0.2, 0) is 32.0 Å². The molecule has 7 rings (SSSR count). The molecule has 0 radical (unpaired) electrons. The molecular formula is C44H62N2O5. The molecule has 0 spiro atoms. The van der Waals surface area contributed by atoms with Gasteiger partial charge >= 0.3 is 11.9 Å². The topological polar surface area (TPSA) is 104 Å². The van der Waals surface area contributed by atoms with E-state index in [0.717, 1.165) is 75.5 Å². The fourth-order valence-corrected chi connectivity index (χ4v) is 13.3. The molecule has 1 aliphatic heterocycles. The van der Waals surface area contributed by atoms with E-state index >= 15 is 0 Å². The Morgan fingerprint density at radius 2 is 1.80 bits per heavy atom. The Balaban J connectivity index is 1.13. The van der Waals surface area contributed by atoms with Crippen molar-refractivity contribution in [3.63, 3.8) is 0 Å². The van der Waals surface area contributed by atoms with Gasteiger partial charge in [0.25, 0.3) is 0 Å². The maximum absolute atomic E-state index is 14.5. The van der Waals surface area contributed by atoms with Crippen LogP contribution in [0.4, 0.5) is 0 Å². The van der Waals surface area contributed by atoms with Crippen molar-refractivity contribution in [3.05, 3.63) is 60.3 Å². The molecule has 7 heteroatoms. The molecule has 11 atom stereocenters. The summed E-state index contributed by atoms with van der Waals surface area (Å²) >= 11 is 0. The molecule has 1 aromatic carbocycles. The first kappa shape index (κ1) is 36.5. The number of allylic oxidation sites excluding steroid dienone is 2. The molecule has 4 saturated carbocycles. The fourth-order valence-electron chi connectivity index (χ4n) is 13.3. The van der Waals surface area contributed by atoms with Crippen LogP contribution in [0.3, 0.4) is 0 Å². The number of esters is 2. The van der Waals surface area contributed by atoms with Crippen molar-refractivity contribution >= 4 is 22.8 Å². The third kappa shape index (κ3) is 5.41. The summed E-state index contributed by atoms with van der Waals surface area (Å²) in [5.74, 6) is 0.275. The Labute approximate surface area is 305 Å². The normalized spacial score (nSPS) is 40.1. The van der Waals surface area contributed by atoms with E-state index in [4.69, 9.17) is 15.2 Å². The molecule has 5 aliphatic rings. The summed E-state index contributed by atoms with van der Waals surface area (Å²) in [6.07, 6.45) is 9.89. The quantitative estimate of drug-likeness (QED) is 0.147. The third-order valence-electron chi connectivity index (χ3n) is 15.8. The number of hydrogen-bond acceptors (Lipinski definition) is 6. The van der Waals surface area contributed by atoms with E-state index in [2.05, 4.69) is 82.8 Å². The van der Waals surface area contributed by atoms with Crippen LogP contribution in [0.2, 0.25) is 0 Å².